The van der Waals surface area contributed by atoms with Gasteiger partial charge in [0.2, 0.25) is 0 Å². The van der Waals surface area contributed by atoms with Crippen molar-refractivity contribution in [3.63, 3.8) is 0 Å². The number of hydrogen-bond acceptors (Lipinski definition) is 5. The molecule has 2 heterocycles. The average Bonchev–Trinajstić information content (AvgIpc) is 3.29. The third-order valence-corrected chi connectivity index (χ3v) is 5.63. The minimum Gasteiger partial charge on any atom is -0.494 e. The molecule has 1 aromatic heterocycles. The fraction of sp³-hybridized carbons (Fsp3) is 0.524. The number of aryl methyl sites for hydroxylation is 1. The van der Waals surface area contributed by atoms with E-state index in [9.17, 15) is 0 Å². The Bertz CT molecular complexity index is 819. The second kappa shape index (κ2) is 9.78. The largest absolute Gasteiger partial charge is 0.494 e. The van der Waals surface area contributed by atoms with Gasteiger partial charge in [0, 0.05) is 35.2 Å². The van der Waals surface area contributed by atoms with Crippen molar-refractivity contribution in [1.29, 1.82) is 0 Å². The molecule has 1 unspecified atom stereocenters. The van der Waals surface area contributed by atoms with Crippen LogP contribution < -0.4 is 20.1 Å². The minimum atomic E-state index is 0.216. The number of fused-ring (bicyclic) bond motifs is 1. The fourth-order valence-electron chi connectivity index (χ4n) is 3.15. The fourth-order valence-corrected chi connectivity index (χ4v) is 3.96. The van der Waals surface area contributed by atoms with E-state index >= 15 is 0 Å². The molecule has 2 aromatic rings. The van der Waals surface area contributed by atoms with Crippen LogP contribution >= 0.6 is 11.3 Å². The van der Waals surface area contributed by atoms with E-state index in [-0.39, 0.29) is 6.10 Å². The first-order valence-corrected chi connectivity index (χ1v) is 10.9. The zero-order valence-electron chi connectivity index (χ0n) is 17.2. The van der Waals surface area contributed by atoms with Crippen LogP contribution in [0.25, 0.3) is 0 Å². The van der Waals surface area contributed by atoms with Crippen LogP contribution in [0.4, 0.5) is 0 Å². The van der Waals surface area contributed by atoms with Gasteiger partial charge in [-0.3, -0.25) is 0 Å². The average molecular weight is 403 g/mol. The highest BCUT2D eigenvalue weighted by Crippen LogP contribution is 2.35. The molecule has 7 heteroatoms. The molecule has 28 heavy (non-hydrogen) atoms. The highest BCUT2D eigenvalue weighted by molar-refractivity contribution is 7.11. The number of benzene rings is 1. The number of guanidine groups is 1. The second-order valence-corrected chi connectivity index (χ2v) is 7.96. The number of hydrogen-bond donors (Lipinski definition) is 2. The van der Waals surface area contributed by atoms with E-state index in [2.05, 4.69) is 48.5 Å². The van der Waals surface area contributed by atoms with E-state index < -0.39 is 0 Å². The monoisotopic (exact) mass is 402 g/mol. The van der Waals surface area contributed by atoms with Crippen LogP contribution in [-0.4, -0.2) is 30.2 Å². The standard InChI is InChI=1S/C21H30N4O2S/c1-5-17-12-23-20(28-17)13-25-21(22-6-2)24-11-16-10-19-15(8-14(4)27-19)9-18(16)26-7-3/h9-10,12,14H,5-8,11,13H2,1-4H3,(H2,22,24,25). The number of ether oxygens (including phenoxy) is 2. The van der Waals surface area contributed by atoms with Crippen molar-refractivity contribution < 1.29 is 9.47 Å². The molecule has 0 amide bonds. The van der Waals surface area contributed by atoms with Crippen LogP contribution in [-0.2, 0) is 25.9 Å². The predicted octanol–water partition coefficient (Wildman–Crippen LogP) is 3.68. The Balaban J connectivity index is 1.72. The van der Waals surface area contributed by atoms with E-state index in [1.165, 1.54) is 10.4 Å². The number of nitrogens with one attached hydrogen (secondary N) is 2. The molecule has 0 spiro atoms. The first-order chi connectivity index (χ1) is 13.6. The van der Waals surface area contributed by atoms with Gasteiger partial charge in [-0.25, -0.2) is 9.98 Å². The van der Waals surface area contributed by atoms with Gasteiger partial charge in [-0.05, 0) is 39.3 Å². The Hall–Kier alpha value is -2.28. The molecule has 1 aliphatic rings. The molecule has 1 aliphatic heterocycles. The van der Waals surface area contributed by atoms with Crippen molar-refractivity contribution in [3.8, 4) is 11.5 Å². The summed E-state index contributed by atoms with van der Waals surface area (Å²) in [5.74, 6) is 2.62. The highest BCUT2D eigenvalue weighted by Gasteiger charge is 2.21. The third kappa shape index (κ3) is 5.16. The quantitative estimate of drug-likeness (QED) is 0.521. The second-order valence-electron chi connectivity index (χ2n) is 6.76. The number of aromatic nitrogens is 1. The summed E-state index contributed by atoms with van der Waals surface area (Å²) in [5, 5.41) is 7.74. The maximum atomic E-state index is 5.91. The van der Waals surface area contributed by atoms with Gasteiger partial charge in [0.05, 0.1) is 19.7 Å². The molecule has 152 valence electrons. The molecule has 0 radical (unpaired) electrons. The summed E-state index contributed by atoms with van der Waals surface area (Å²) >= 11 is 1.74. The summed E-state index contributed by atoms with van der Waals surface area (Å²) in [6.07, 6.45) is 4.11. The van der Waals surface area contributed by atoms with Crippen molar-refractivity contribution in [2.75, 3.05) is 13.2 Å². The first-order valence-electron chi connectivity index (χ1n) is 10.0. The van der Waals surface area contributed by atoms with E-state index in [1.807, 2.05) is 13.1 Å². The van der Waals surface area contributed by atoms with E-state index in [4.69, 9.17) is 14.5 Å². The molecule has 0 bridgehead atoms. The van der Waals surface area contributed by atoms with Crippen LogP contribution in [0.15, 0.2) is 23.3 Å². The molecule has 1 atom stereocenters. The lowest BCUT2D eigenvalue weighted by Crippen LogP contribution is -2.36. The smallest absolute Gasteiger partial charge is 0.191 e. The van der Waals surface area contributed by atoms with Crippen LogP contribution in [0.5, 0.6) is 11.5 Å². The Morgan fingerprint density at radius 2 is 2.18 bits per heavy atom. The molecule has 0 aliphatic carbocycles. The number of rotatable bonds is 8. The summed E-state index contributed by atoms with van der Waals surface area (Å²) in [6.45, 7) is 10.9. The summed E-state index contributed by atoms with van der Waals surface area (Å²) < 4.78 is 11.8. The molecule has 6 nitrogen and oxygen atoms in total. The number of thiazole rings is 1. The van der Waals surface area contributed by atoms with Gasteiger partial charge >= 0.3 is 0 Å². The summed E-state index contributed by atoms with van der Waals surface area (Å²) in [4.78, 5) is 10.5. The summed E-state index contributed by atoms with van der Waals surface area (Å²) in [6, 6.07) is 4.18. The summed E-state index contributed by atoms with van der Waals surface area (Å²) in [5.41, 5.74) is 2.25. The van der Waals surface area contributed by atoms with Gasteiger partial charge in [-0.2, -0.15) is 0 Å². The van der Waals surface area contributed by atoms with Crippen LogP contribution in [0.1, 0.15) is 48.7 Å². The molecular weight excluding hydrogens is 372 g/mol. The Morgan fingerprint density at radius 3 is 2.89 bits per heavy atom. The summed E-state index contributed by atoms with van der Waals surface area (Å²) in [7, 11) is 0. The lowest BCUT2D eigenvalue weighted by Gasteiger charge is -2.13. The molecule has 2 N–H and O–H groups in total. The van der Waals surface area contributed by atoms with Gasteiger partial charge in [0.15, 0.2) is 5.96 Å². The van der Waals surface area contributed by atoms with Crippen molar-refractivity contribution in [2.24, 2.45) is 4.99 Å². The SMILES string of the molecule is CCNC(=NCc1cc2c(cc1OCC)CC(C)O2)NCc1ncc(CC)s1. The highest BCUT2D eigenvalue weighted by atomic mass is 32.1. The topological polar surface area (TPSA) is 67.8 Å². The molecular formula is C21H30N4O2S. The molecule has 1 aromatic carbocycles. The van der Waals surface area contributed by atoms with Gasteiger partial charge in [0.1, 0.15) is 22.6 Å². The zero-order valence-corrected chi connectivity index (χ0v) is 18.0. The Labute approximate surface area is 171 Å². The molecule has 0 fully saturated rings. The van der Waals surface area contributed by atoms with Crippen molar-refractivity contribution in [1.82, 2.24) is 15.6 Å². The maximum absolute atomic E-state index is 5.91. The van der Waals surface area contributed by atoms with Crippen molar-refractivity contribution in [2.45, 2.75) is 59.7 Å². The van der Waals surface area contributed by atoms with Gasteiger partial charge < -0.3 is 20.1 Å². The maximum Gasteiger partial charge on any atom is 0.191 e. The molecule has 3 rings (SSSR count). The lowest BCUT2D eigenvalue weighted by atomic mass is 10.1. The van der Waals surface area contributed by atoms with Gasteiger partial charge in [0.25, 0.3) is 0 Å². The van der Waals surface area contributed by atoms with Crippen LogP contribution in [0, 0.1) is 0 Å². The van der Waals surface area contributed by atoms with E-state index in [0.717, 1.165) is 47.4 Å². The minimum absolute atomic E-state index is 0.216. The Kier molecular flexibility index (Phi) is 7.14. The zero-order chi connectivity index (χ0) is 19.9. The normalized spacial score (nSPS) is 15.9. The Morgan fingerprint density at radius 1 is 1.32 bits per heavy atom. The molecule has 0 saturated carbocycles. The molecule has 0 saturated heterocycles. The first kappa shape index (κ1) is 20.5. The predicted molar refractivity (Wildman–Crippen MR) is 115 cm³/mol. The number of nitrogens with zero attached hydrogens (tertiary/aromatic N) is 2. The van der Waals surface area contributed by atoms with Gasteiger partial charge in [-0.15, -0.1) is 11.3 Å². The van der Waals surface area contributed by atoms with E-state index in [0.29, 0.717) is 19.7 Å². The van der Waals surface area contributed by atoms with Crippen molar-refractivity contribution >= 4 is 17.3 Å². The van der Waals surface area contributed by atoms with Crippen LogP contribution in [0.2, 0.25) is 0 Å². The third-order valence-electron chi connectivity index (χ3n) is 4.49. The van der Waals surface area contributed by atoms with Gasteiger partial charge in [-0.1, -0.05) is 6.92 Å². The lowest BCUT2D eigenvalue weighted by molar-refractivity contribution is 0.254. The van der Waals surface area contributed by atoms with Crippen LogP contribution in [0.3, 0.4) is 0 Å². The van der Waals surface area contributed by atoms with Crippen molar-refractivity contribution in [3.05, 3.63) is 39.3 Å². The van der Waals surface area contributed by atoms with E-state index in [1.54, 1.807) is 11.3 Å². The number of aliphatic imine (C=N–C) groups is 1.